The van der Waals surface area contributed by atoms with E-state index in [9.17, 15) is 0 Å². The number of thiazole rings is 1. The zero-order chi connectivity index (χ0) is 13.5. The van der Waals surface area contributed by atoms with Gasteiger partial charge in [0, 0.05) is 30.2 Å². The van der Waals surface area contributed by atoms with Crippen LogP contribution in [0.3, 0.4) is 0 Å². The largest absolute Gasteiger partial charge is 0.310 e. The van der Waals surface area contributed by atoms with E-state index in [0.29, 0.717) is 6.04 Å². The van der Waals surface area contributed by atoms with Crippen molar-refractivity contribution in [1.82, 2.24) is 15.2 Å². The fourth-order valence-electron chi connectivity index (χ4n) is 2.43. The summed E-state index contributed by atoms with van der Waals surface area (Å²) >= 11 is 1.78. The second-order valence-electron chi connectivity index (χ2n) is 5.08. The number of nitrogens with one attached hydrogen (secondary N) is 1. The molecule has 104 valence electrons. The molecule has 1 heterocycles. The van der Waals surface area contributed by atoms with Crippen LogP contribution in [0.15, 0.2) is 6.20 Å². The van der Waals surface area contributed by atoms with Crippen LogP contribution < -0.4 is 5.32 Å². The van der Waals surface area contributed by atoms with Crippen LogP contribution in [-0.2, 0) is 6.54 Å². The molecule has 0 saturated heterocycles. The summed E-state index contributed by atoms with van der Waals surface area (Å²) in [6, 6.07) is 0.619. The Morgan fingerprint density at radius 2 is 2.00 bits per heavy atom. The highest BCUT2D eigenvalue weighted by Gasteiger charge is 2.19. The summed E-state index contributed by atoms with van der Waals surface area (Å²) in [5.41, 5.74) is 0. The Morgan fingerprint density at radius 3 is 2.44 bits per heavy atom. The monoisotopic (exact) mass is 269 g/mol. The summed E-state index contributed by atoms with van der Waals surface area (Å²) in [6.45, 7) is 8.63. The highest BCUT2D eigenvalue weighted by Crippen LogP contribution is 2.17. The van der Waals surface area contributed by atoms with E-state index in [4.69, 9.17) is 0 Å². The second-order valence-corrected chi connectivity index (χ2v) is 6.40. The van der Waals surface area contributed by atoms with Gasteiger partial charge in [0.1, 0.15) is 0 Å². The van der Waals surface area contributed by atoms with Gasteiger partial charge in [0.05, 0.1) is 5.01 Å². The molecular weight excluding hydrogens is 242 g/mol. The van der Waals surface area contributed by atoms with Crippen molar-refractivity contribution in [2.75, 3.05) is 20.6 Å². The Bertz CT molecular complexity index is 332. The van der Waals surface area contributed by atoms with Crippen LogP contribution in [0.5, 0.6) is 0 Å². The Labute approximate surface area is 116 Å². The molecule has 1 atom stereocenters. The van der Waals surface area contributed by atoms with E-state index in [1.54, 1.807) is 11.3 Å². The maximum absolute atomic E-state index is 4.29. The lowest BCUT2D eigenvalue weighted by atomic mass is 9.93. The average molecular weight is 269 g/mol. The minimum absolute atomic E-state index is 0.619. The number of nitrogens with zero attached hydrogens (tertiary/aromatic N) is 2. The molecule has 1 N–H and O–H groups in total. The third-order valence-corrected chi connectivity index (χ3v) is 4.49. The van der Waals surface area contributed by atoms with Gasteiger partial charge < -0.3 is 10.2 Å². The Hall–Kier alpha value is -0.450. The molecule has 4 heteroatoms. The molecule has 3 nitrogen and oxygen atoms in total. The summed E-state index contributed by atoms with van der Waals surface area (Å²) in [4.78, 5) is 7.96. The first-order valence-electron chi connectivity index (χ1n) is 6.86. The van der Waals surface area contributed by atoms with Gasteiger partial charge in [-0.2, -0.15) is 0 Å². The summed E-state index contributed by atoms with van der Waals surface area (Å²) in [5.74, 6) is 0.774. The van der Waals surface area contributed by atoms with Gasteiger partial charge in [-0.3, -0.25) is 0 Å². The van der Waals surface area contributed by atoms with Crippen LogP contribution in [0.2, 0.25) is 0 Å². The van der Waals surface area contributed by atoms with Crippen molar-refractivity contribution in [2.24, 2.45) is 5.92 Å². The van der Waals surface area contributed by atoms with Gasteiger partial charge >= 0.3 is 0 Å². The molecule has 1 unspecified atom stereocenters. The molecule has 0 fully saturated rings. The minimum atomic E-state index is 0.619. The van der Waals surface area contributed by atoms with Gasteiger partial charge in [-0.25, -0.2) is 4.98 Å². The summed E-state index contributed by atoms with van der Waals surface area (Å²) in [5, 5.41) is 4.72. The molecule has 0 aliphatic rings. The van der Waals surface area contributed by atoms with E-state index >= 15 is 0 Å². The molecule has 1 aromatic heterocycles. The highest BCUT2D eigenvalue weighted by molar-refractivity contribution is 7.11. The zero-order valence-corrected chi connectivity index (χ0v) is 13.2. The third-order valence-electron chi connectivity index (χ3n) is 3.58. The van der Waals surface area contributed by atoms with Gasteiger partial charge in [-0.05, 0) is 26.9 Å². The normalized spacial score (nSPS) is 13.5. The molecule has 0 radical (unpaired) electrons. The van der Waals surface area contributed by atoms with Crippen molar-refractivity contribution in [3.05, 3.63) is 16.1 Å². The van der Waals surface area contributed by atoms with Gasteiger partial charge in [0.2, 0.25) is 0 Å². The summed E-state index contributed by atoms with van der Waals surface area (Å²) < 4.78 is 0. The van der Waals surface area contributed by atoms with Crippen LogP contribution in [0.25, 0.3) is 0 Å². The molecule has 1 rings (SSSR count). The van der Waals surface area contributed by atoms with Gasteiger partial charge in [-0.1, -0.05) is 26.7 Å². The molecule has 0 aliphatic heterocycles. The van der Waals surface area contributed by atoms with Crippen LogP contribution >= 0.6 is 11.3 Å². The predicted octanol–water partition coefficient (Wildman–Crippen LogP) is 2.91. The number of rotatable bonds is 8. The molecule has 0 aromatic carbocycles. The minimum Gasteiger partial charge on any atom is -0.310 e. The second kappa shape index (κ2) is 7.87. The van der Waals surface area contributed by atoms with E-state index in [1.807, 2.05) is 6.20 Å². The summed E-state index contributed by atoms with van der Waals surface area (Å²) in [7, 11) is 4.36. The van der Waals surface area contributed by atoms with E-state index in [1.165, 1.54) is 17.7 Å². The van der Waals surface area contributed by atoms with Gasteiger partial charge in [0.25, 0.3) is 0 Å². The molecular formula is C14H27N3S. The first kappa shape index (κ1) is 15.6. The van der Waals surface area contributed by atoms with Crippen molar-refractivity contribution in [1.29, 1.82) is 0 Å². The topological polar surface area (TPSA) is 28.2 Å². The maximum Gasteiger partial charge on any atom is 0.0897 e. The average Bonchev–Trinajstić information content (AvgIpc) is 2.74. The van der Waals surface area contributed by atoms with E-state index in [0.717, 1.165) is 24.0 Å². The SMILES string of the molecule is CCC(CC)C(CNCc1cnc(C)s1)N(C)C. The predicted molar refractivity (Wildman–Crippen MR) is 80.1 cm³/mol. The number of hydrogen-bond donors (Lipinski definition) is 1. The smallest absolute Gasteiger partial charge is 0.0897 e. The fraction of sp³-hybridized carbons (Fsp3) is 0.786. The molecule has 0 spiro atoms. The lowest BCUT2D eigenvalue weighted by Gasteiger charge is -2.31. The van der Waals surface area contributed by atoms with Gasteiger partial charge in [-0.15, -0.1) is 11.3 Å². The number of likely N-dealkylation sites (N-methyl/N-ethyl adjacent to an activating group) is 1. The lowest BCUT2D eigenvalue weighted by molar-refractivity contribution is 0.194. The van der Waals surface area contributed by atoms with E-state index in [-0.39, 0.29) is 0 Å². The first-order valence-corrected chi connectivity index (χ1v) is 7.68. The molecule has 0 bridgehead atoms. The van der Waals surface area contributed by atoms with Crippen molar-refractivity contribution in [3.8, 4) is 0 Å². The molecule has 0 amide bonds. The first-order chi connectivity index (χ1) is 8.58. The summed E-state index contributed by atoms with van der Waals surface area (Å²) in [6.07, 6.45) is 4.48. The zero-order valence-electron chi connectivity index (χ0n) is 12.4. The van der Waals surface area contributed by atoms with Crippen molar-refractivity contribution in [3.63, 3.8) is 0 Å². The lowest BCUT2D eigenvalue weighted by Crippen LogP contribution is -2.42. The van der Waals surface area contributed by atoms with Crippen molar-refractivity contribution < 1.29 is 0 Å². The number of aryl methyl sites for hydroxylation is 1. The van der Waals surface area contributed by atoms with E-state index < -0.39 is 0 Å². The molecule has 0 saturated carbocycles. The Kier molecular flexibility index (Phi) is 6.82. The van der Waals surface area contributed by atoms with Gasteiger partial charge in [0.15, 0.2) is 0 Å². The molecule has 0 aliphatic carbocycles. The number of aromatic nitrogens is 1. The third kappa shape index (κ3) is 4.67. The van der Waals surface area contributed by atoms with Crippen molar-refractivity contribution in [2.45, 2.75) is 46.2 Å². The van der Waals surface area contributed by atoms with Crippen LogP contribution in [0.4, 0.5) is 0 Å². The van der Waals surface area contributed by atoms with Crippen LogP contribution in [0, 0.1) is 12.8 Å². The van der Waals surface area contributed by atoms with Crippen LogP contribution in [-0.4, -0.2) is 36.6 Å². The molecule has 1 aromatic rings. The number of hydrogen-bond acceptors (Lipinski definition) is 4. The van der Waals surface area contributed by atoms with Crippen molar-refractivity contribution >= 4 is 11.3 Å². The molecule has 18 heavy (non-hydrogen) atoms. The Morgan fingerprint density at radius 1 is 1.33 bits per heavy atom. The van der Waals surface area contributed by atoms with E-state index in [2.05, 4.69) is 50.1 Å². The fourth-order valence-corrected chi connectivity index (χ4v) is 3.20. The maximum atomic E-state index is 4.29. The highest BCUT2D eigenvalue weighted by atomic mass is 32.1. The standard InChI is InChI=1S/C14H27N3S/c1-6-12(7-2)14(17(4)5)10-15-8-13-9-16-11(3)18-13/h9,12,14-15H,6-8,10H2,1-5H3. The Balaban J connectivity index is 2.42. The van der Waals surface area contributed by atoms with Crippen LogP contribution in [0.1, 0.15) is 36.6 Å². The quantitative estimate of drug-likeness (QED) is 0.786.